The fourth-order valence-electron chi connectivity index (χ4n) is 3.27. The molecule has 1 aliphatic carbocycles. The van der Waals surface area contributed by atoms with Gasteiger partial charge in [0.25, 0.3) is 0 Å². The van der Waals surface area contributed by atoms with E-state index >= 15 is 0 Å². The van der Waals surface area contributed by atoms with Crippen LogP contribution in [0.25, 0.3) is 0 Å². The van der Waals surface area contributed by atoms with Gasteiger partial charge in [0.15, 0.2) is 0 Å². The molecule has 2 aromatic rings. The Kier molecular flexibility index (Phi) is 3.22. The summed E-state index contributed by atoms with van der Waals surface area (Å²) in [5.74, 6) is -0.956. The highest BCUT2D eigenvalue weighted by atomic mass is 16.4. The Labute approximate surface area is 117 Å². The maximum absolute atomic E-state index is 11.5. The fourth-order valence-corrected chi connectivity index (χ4v) is 3.27. The second-order valence-corrected chi connectivity index (χ2v) is 5.25. The Bertz CT molecular complexity index is 619. The Hall–Kier alpha value is -2.23. The van der Waals surface area contributed by atoms with Gasteiger partial charge in [0, 0.05) is 11.6 Å². The summed E-state index contributed by atoms with van der Waals surface area (Å²) in [6.07, 6.45) is 6.93. The molecule has 0 amide bonds. The van der Waals surface area contributed by atoms with Gasteiger partial charge >= 0.3 is 5.97 Å². The van der Waals surface area contributed by atoms with Crippen LogP contribution < -0.4 is 0 Å². The second-order valence-electron chi connectivity index (χ2n) is 5.25. The summed E-state index contributed by atoms with van der Waals surface area (Å²) in [6, 6.07) is 10.1. The number of nitrogens with zero attached hydrogens (tertiary/aromatic N) is 2. The number of hydrogen-bond acceptors (Lipinski definition) is 3. The van der Waals surface area contributed by atoms with Crippen molar-refractivity contribution < 1.29 is 9.90 Å². The molecule has 0 spiro atoms. The quantitative estimate of drug-likeness (QED) is 0.929. The van der Waals surface area contributed by atoms with Crippen LogP contribution in [0.5, 0.6) is 0 Å². The molecule has 0 aliphatic heterocycles. The SMILES string of the molecule is O=C(O)c1cncnc1C1(c2ccccc2)CCCC1. The average Bonchev–Trinajstić information content (AvgIpc) is 2.99. The molecule has 4 nitrogen and oxygen atoms in total. The number of carboxylic acids is 1. The van der Waals surface area contributed by atoms with Gasteiger partial charge < -0.3 is 5.11 Å². The predicted octanol–water partition coefficient (Wildman–Crippen LogP) is 3.03. The topological polar surface area (TPSA) is 63.1 Å². The average molecular weight is 268 g/mol. The Morgan fingerprint density at radius 1 is 1.15 bits per heavy atom. The van der Waals surface area contributed by atoms with Crippen molar-refractivity contribution in [3.05, 3.63) is 59.7 Å². The molecule has 1 aliphatic rings. The van der Waals surface area contributed by atoms with Crippen LogP contribution in [0.1, 0.15) is 47.3 Å². The molecule has 4 heteroatoms. The summed E-state index contributed by atoms with van der Waals surface area (Å²) in [5.41, 5.74) is 1.75. The van der Waals surface area contributed by atoms with E-state index in [0.717, 1.165) is 31.2 Å². The van der Waals surface area contributed by atoms with E-state index in [-0.39, 0.29) is 11.0 Å². The lowest BCUT2D eigenvalue weighted by molar-refractivity contribution is 0.0693. The lowest BCUT2D eigenvalue weighted by atomic mass is 9.74. The summed E-state index contributed by atoms with van der Waals surface area (Å²) in [5, 5.41) is 9.41. The number of carbonyl (C=O) groups is 1. The van der Waals surface area contributed by atoms with E-state index in [1.54, 1.807) is 0 Å². The lowest BCUT2D eigenvalue weighted by Crippen LogP contribution is -2.28. The molecule has 1 saturated carbocycles. The molecular formula is C16H16N2O2. The van der Waals surface area contributed by atoms with Gasteiger partial charge in [-0.15, -0.1) is 0 Å². The first-order chi connectivity index (χ1) is 9.74. The van der Waals surface area contributed by atoms with Crippen LogP contribution in [-0.4, -0.2) is 21.0 Å². The molecule has 1 fully saturated rings. The predicted molar refractivity (Wildman–Crippen MR) is 74.7 cm³/mol. The van der Waals surface area contributed by atoms with Gasteiger partial charge in [-0.2, -0.15) is 0 Å². The minimum absolute atomic E-state index is 0.221. The largest absolute Gasteiger partial charge is 0.478 e. The minimum atomic E-state index is -0.956. The lowest BCUT2D eigenvalue weighted by Gasteiger charge is -2.30. The highest BCUT2D eigenvalue weighted by Crippen LogP contribution is 2.46. The standard InChI is InChI=1S/C16H16N2O2/c19-15(20)13-10-17-11-18-14(13)16(8-4-5-9-16)12-6-2-1-3-7-12/h1-3,6-7,10-11H,4-5,8-9H2,(H,19,20). The number of rotatable bonds is 3. The van der Waals surface area contributed by atoms with E-state index in [4.69, 9.17) is 0 Å². The third-order valence-corrected chi connectivity index (χ3v) is 4.18. The van der Waals surface area contributed by atoms with E-state index in [1.807, 2.05) is 18.2 Å². The third-order valence-electron chi connectivity index (χ3n) is 4.18. The van der Waals surface area contributed by atoms with E-state index in [9.17, 15) is 9.90 Å². The summed E-state index contributed by atoms with van der Waals surface area (Å²) in [7, 11) is 0. The van der Waals surface area contributed by atoms with Gasteiger partial charge in [-0.1, -0.05) is 43.2 Å². The molecule has 1 heterocycles. The molecule has 20 heavy (non-hydrogen) atoms. The van der Waals surface area contributed by atoms with Crippen molar-refractivity contribution in [1.82, 2.24) is 9.97 Å². The van der Waals surface area contributed by atoms with E-state index in [1.165, 1.54) is 12.5 Å². The molecule has 1 aromatic heterocycles. The van der Waals surface area contributed by atoms with Crippen molar-refractivity contribution in [3.8, 4) is 0 Å². The van der Waals surface area contributed by atoms with Gasteiger partial charge in [-0.3, -0.25) is 0 Å². The number of aromatic carboxylic acids is 1. The van der Waals surface area contributed by atoms with Crippen molar-refractivity contribution in [1.29, 1.82) is 0 Å². The van der Waals surface area contributed by atoms with Gasteiger partial charge in [0.2, 0.25) is 0 Å². The highest BCUT2D eigenvalue weighted by Gasteiger charge is 2.41. The molecule has 0 atom stereocenters. The van der Waals surface area contributed by atoms with Crippen LogP contribution in [0.2, 0.25) is 0 Å². The van der Waals surface area contributed by atoms with Crippen LogP contribution in [0.4, 0.5) is 0 Å². The molecule has 0 radical (unpaired) electrons. The van der Waals surface area contributed by atoms with Gasteiger partial charge in [0.1, 0.15) is 11.9 Å². The molecular weight excluding hydrogens is 252 g/mol. The minimum Gasteiger partial charge on any atom is -0.478 e. The number of hydrogen-bond donors (Lipinski definition) is 1. The first kappa shape index (κ1) is 12.8. The first-order valence-electron chi connectivity index (χ1n) is 6.83. The first-order valence-corrected chi connectivity index (χ1v) is 6.83. The molecule has 1 aromatic carbocycles. The van der Waals surface area contributed by atoms with E-state index < -0.39 is 5.97 Å². The summed E-state index contributed by atoms with van der Waals surface area (Å²) >= 11 is 0. The van der Waals surface area contributed by atoms with Crippen LogP contribution in [0.3, 0.4) is 0 Å². The molecule has 1 N–H and O–H groups in total. The van der Waals surface area contributed by atoms with Gasteiger partial charge in [0.05, 0.1) is 5.69 Å². The maximum Gasteiger partial charge on any atom is 0.339 e. The van der Waals surface area contributed by atoms with Crippen LogP contribution in [0.15, 0.2) is 42.9 Å². The number of aromatic nitrogens is 2. The Morgan fingerprint density at radius 2 is 1.85 bits per heavy atom. The zero-order valence-electron chi connectivity index (χ0n) is 11.1. The smallest absolute Gasteiger partial charge is 0.339 e. The maximum atomic E-state index is 11.5. The Morgan fingerprint density at radius 3 is 2.50 bits per heavy atom. The van der Waals surface area contributed by atoms with E-state index in [0.29, 0.717) is 5.69 Å². The fraction of sp³-hybridized carbons (Fsp3) is 0.312. The number of benzene rings is 1. The highest BCUT2D eigenvalue weighted by molar-refractivity contribution is 5.89. The second kappa shape index (κ2) is 5.04. The number of carboxylic acid groups (broad SMARTS) is 1. The molecule has 102 valence electrons. The summed E-state index contributed by atoms with van der Waals surface area (Å²) in [6.45, 7) is 0. The summed E-state index contributed by atoms with van der Waals surface area (Å²) < 4.78 is 0. The van der Waals surface area contributed by atoms with Crippen molar-refractivity contribution in [3.63, 3.8) is 0 Å². The molecule has 3 rings (SSSR count). The third kappa shape index (κ3) is 1.97. The van der Waals surface area contributed by atoms with Crippen molar-refractivity contribution >= 4 is 5.97 Å². The molecule has 0 saturated heterocycles. The molecule has 0 bridgehead atoms. The Balaban J connectivity index is 2.20. The van der Waals surface area contributed by atoms with Crippen LogP contribution in [0, 0.1) is 0 Å². The normalized spacial score (nSPS) is 17.0. The molecule has 0 unspecified atom stereocenters. The van der Waals surface area contributed by atoms with E-state index in [2.05, 4.69) is 22.1 Å². The summed E-state index contributed by atoms with van der Waals surface area (Å²) in [4.78, 5) is 19.7. The van der Waals surface area contributed by atoms with Gasteiger partial charge in [-0.05, 0) is 18.4 Å². The zero-order valence-corrected chi connectivity index (χ0v) is 11.1. The van der Waals surface area contributed by atoms with Crippen molar-refractivity contribution in [2.75, 3.05) is 0 Å². The van der Waals surface area contributed by atoms with Crippen molar-refractivity contribution in [2.45, 2.75) is 31.1 Å². The van der Waals surface area contributed by atoms with Crippen LogP contribution in [-0.2, 0) is 5.41 Å². The van der Waals surface area contributed by atoms with Crippen molar-refractivity contribution in [2.24, 2.45) is 0 Å². The van der Waals surface area contributed by atoms with Crippen LogP contribution >= 0.6 is 0 Å². The monoisotopic (exact) mass is 268 g/mol. The zero-order chi connectivity index (χ0) is 14.0. The van der Waals surface area contributed by atoms with Gasteiger partial charge in [-0.25, -0.2) is 14.8 Å².